The molecule has 0 fully saturated rings. The van der Waals surface area contributed by atoms with E-state index in [1.165, 1.54) is 0 Å². The molecule has 0 N–H and O–H groups in total. The second kappa shape index (κ2) is 6.65. The maximum Gasteiger partial charge on any atom is 0.418 e. The number of rotatable bonds is 3. The summed E-state index contributed by atoms with van der Waals surface area (Å²) < 4.78 is 6.97. The number of aromatic nitrogens is 1. The highest BCUT2D eigenvalue weighted by atomic mass is 16.5. The number of hydrogen-bond acceptors (Lipinski definition) is 2. The van der Waals surface area contributed by atoms with Crippen LogP contribution in [-0.2, 0) is 11.3 Å². The fraction of sp³-hybridized carbons (Fsp3) is 0.0455. The first-order valence-corrected chi connectivity index (χ1v) is 8.19. The lowest BCUT2D eigenvalue weighted by atomic mass is 10.0. The van der Waals surface area contributed by atoms with Crippen molar-refractivity contribution in [1.82, 2.24) is 4.57 Å². The summed E-state index contributed by atoms with van der Waals surface area (Å²) in [5, 5.41) is 1.01. The average molecular weight is 327 g/mol. The van der Waals surface area contributed by atoms with Gasteiger partial charge in [-0.2, -0.15) is 0 Å². The van der Waals surface area contributed by atoms with Gasteiger partial charge in [-0.15, -0.1) is 0 Å². The molecule has 0 unspecified atom stereocenters. The van der Waals surface area contributed by atoms with E-state index in [9.17, 15) is 4.79 Å². The molecule has 0 amide bonds. The van der Waals surface area contributed by atoms with Crippen LogP contribution in [0.1, 0.15) is 5.56 Å². The minimum atomic E-state index is -0.369. The lowest BCUT2D eigenvalue weighted by Crippen LogP contribution is -2.12. The quantitative estimate of drug-likeness (QED) is 0.498. The Labute approximate surface area is 146 Å². The molecule has 0 aliphatic heterocycles. The molecule has 4 aromatic rings. The van der Waals surface area contributed by atoms with Crippen LogP contribution in [0.4, 0.5) is 4.79 Å². The van der Waals surface area contributed by atoms with Crippen molar-refractivity contribution in [3.8, 4) is 11.1 Å². The Morgan fingerprint density at radius 2 is 1.52 bits per heavy atom. The minimum Gasteiger partial charge on any atom is -0.444 e. The van der Waals surface area contributed by atoms with E-state index < -0.39 is 0 Å². The highest BCUT2D eigenvalue weighted by molar-refractivity contribution is 5.92. The minimum absolute atomic E-state index is 0.265. The molecule has 1 heterocycles. The van der Waals surface area contributed by atoms with Gasteiger partial charge in [0.2, 0.25) is 0 Å². The highest BCUT2D eigenvalue weighted by Gasteiger charge is 2.11. The van der Waals surface area contributed by atoms with Gasteiger partial charge in [-0.05, 0) is 34.9 Å². The Bertz CT molecular complexity index is 1000. The number of carbonyl (C=O) groups excluding carboxylic acids is 1. The van der Waals surface area contributed by atoms with Gasteiger partial charge in [0.05, 0.1) is 5.52 Å². The van der Waals surface area contributed by atoms with Gasteiger partial charge in [0, 0.05) is 11.6 Å². The Kier molecular flexibility index (Phi) is 4.05. The summed E-state index contributed by atoms with van der Waals surface area (Å²) in [4.78, 5) is 12.4. The molecule has 0 saturated carbocycles. The summed E-state index contributed by atoms with van der Waals surface area (Å²) in [6.45, 7) is 0.265. The summed E-state index contributed by atoms with van der Waals surface area (Å²) in [6, 6.07) is 27.9. The van der Waals surface area contributed by atoms with Gasteiger partial charge in [-0.1, -0.05) is 66.7 Å². The smallest absolute Gasteiger partial charge is 0.418 e. The van der Waals surface area contributed by atoms with E-state index in [0.717, 1.165) is 27.6 Å². The van der Waals surface area contributed by atoms with Crippen LogP contribution in [0.25, 0.3) is 22.0 Å². The summed E-state index contributed by atoms with van der Waals surface area (Å²) in [5.74, 6) is 0. The Hall–Kier alpha value is -3.33. The zero-order valence-electron chi connectivity index (χ0n) is 13.6. The van der Waals surface area contributed by atoms with Crippen LogP contribution in [0, 0.1) is 0 Å². The predicted molar refractivity (Wildman–Crippen MR) is 99.4 cm³/mol. The van der Waals surface area contributed by atoms with E-state index in [1.54, 1.807) is 10.8 Å². The van der Waals surface area contributed by atoms with Gasteiger partial charge in [0.15, 0.2) is 0 Å². The Morgan fingerprint density at radius 3 is 2.28 bits per heavy atom. The molecule has 3 heteroatoms. The summed E-state index contributed by atoms with van der Waals surface area (Å²) in [6.07, 6.45) is 1.39. The van der Waals surface area contributed by atoms with E-state index in [0.29, 0.717) is 0 Å². The predicted octanol–water partition coefficient (Wildman–Crippen LogP) is 5.49. The molecule has 0 atom stereocenters. The highest BCUT2D eigenvalue weighted by Crippen LogP contribution is 2.25. The van der Waals surface area contributed by atoms with Crippen molar-refractivity contribution < 1.29 is 9.53 Å². The third-order valence-electron chi connectivity index (χ3n) is 4.20. The van der Waals surface area contributed by atoms with Crippen molar-refractivity contribution in [2.75, 3.05) is 0 Å². The van der Waals surface area contributed by atoms with E-state index in [2.05, 4.69) is 18.2 Å². The van der Waals surface area contributed by atoms with Crippen LogP contribution in [0.3, 0.4) is 0 Å². The van der Waals surface area contributed by atoms with Crippen molar-refractivity contribution in [1.29, 1.82) is 0 Å². The SMILES string of the molecule is O=C(OCc1ccccc1)n1ccc2cc(-c3ccccc3)ccc21. The Balaban J connectivity index is 1.57. The van der Waals surface area contributed by atoms with Crippen LogP contribution >= 0.6 is 0 Å². The molecule has 3 aromatic carbocycles. The van der Waals surface area contributed by atoms with Crippen molar-refractivity contribution in [3.63, 3.8) is 0 Å². The first-order valence-electron chi connectivity index (χ1n) is 8.19. The van der Waals surface area contributed by atoms with Crippen molar-refractivity contribution in [3.05, 3.63) is 96.7 Å². The van der Waals surface area contributed by atoms with E-state index >= 15 is 0 Å². The molecule has 0 saturated heterocycles. The molecular weight excluding hydrogens is 310 g/mol. The van der Waals surface area contributed by atoms with E-state index in [-0.39, 0.29) is 12.7 Å². The lowest BCUT2D eigenvalue weighted by molar-refractivity contribution is 0.142. The third-order valence-corrected chi connectivity index (χ3v) is 4.20. The maximum absolute atomic E-state index is 12.4. The number of ether oxygens (including phenoxy) is 1. The van der Waals surface area contributed by atoms with Crippen LogP contribution in [0.2, 0.25) is 0 Å². The van der Waals surface area contributed by atoms with Crippen molar-refractivity contribution in [2.45, 2.75) is 6.61 Å². The fourth-order valence-corrected chi connectivity index (χ4v) is 2.90. The molecule has 4 rings (SSSR count). The first kappa shape index (κ1) is 15.2. The van der Waals surface area contributed by atoms with Crippen LogP contribution in [0.15, 0.2) is 91.1 Å². The van der Waals surface area contributed by atoms with Gasteiger partial charge in [-0.3, -0.25) is 4.57 Å². The normalized spacial score (nSPS) is 10.7. The van der Waals surface area contributed by atoms with Gasteiger partial charge in [-0.25, -0.2) is 4.79 Å². The summed E-state index contributed by atoms with van der Waals surface area (Å²) in [7, 11) is 0. The van der Waals surface area contributed by atoms with Crippen LogP contribution in [0.5, 0.6) is 0 Å². The van der Waals surface area contributed by atoms with Gasteiger partial charge < -0.3 is 4.74 Å². The zero-order chi connectivity index (χ0) is 17.1. The molecular formula is C22H17NO2. The van der Waals surface area contributed by atoms with Crippen molar-refractivity contribution >= 4 is 17.0 Å². The topological polar surface area (TPSA) is 31.2 Å². The molecule has 0 aliphatic rings. The van der Waals surface area contributed by atoms with Crippen LogP contribution in [-0.4, -0.2) is 10.7 Å². The lowest BCUT2D eigenvalue weighted by Gasteiger charge is -2.07. The molecule has 3 nitrogen and oxygen atoms in total. The largest absolute Gasteiger partial charge is 0.444 e. The first-order chi connectivity index (χ1) is 12.3. The van der Waals surface area contributed by atoms with Gasteiger partial charge >= 0.3 is 6.09 Å². The molecule has 122 valence electrons. The van der Waals surface area contributed by atoms with E-state index in [1.807, 2.05) is 66.7 Å². The van der Waals surface area contributed by atoms with Gasteiger partial charge in [0.1, 0.15) is 6.61 Å². The second-order valence-corrected chi connectivity index (χ2v) is 5.87. The fourth-order valence-electron chi connectivity index (χ4n) is 2.90. The standard InChI is InChI=1S/C22H17NO2/c24-22(25-16-17-7-3-1-4-8-17)23-14-13-20-15-19(11-12-21(20)23)18-9-5-2-6-10-18/h1-15H,16H2. The van der Waals surface area contributed by atoms with Crippen molar-refractivity contribution in [2.24, 2.45) is 0 Å². The molecule has 0 radical (unpaired) electrons. The van der Waals surface area contributed by atoms with Gasteiger partial charge in [0.25, 0.3) is 0 Å². The molecule has 0 spiro atoms. The summed E-state index contributed by atoms with van der Waals surface area (Å²) >= 11 is 0. The molecule has 25 heavy (non-hydrogen) atoms. The van der Waals surface area contributed by atoms with E-state index in [4.69, 9.17) is 4.74 Å². The molecule has 1 aromatic heterocycles. The maximum atomic E-state index is 12.4. The number of nitrogens with zero attached hydrogens (tertiary/aromatic N) is 1. The third kappa shape index (κ3) is 3.17. The zero-order valence-corrected chi connectivity index (χ0v) is 13.6. The second-order valence-electron chi connectivity index (χ2n) is 5.87. The summed E-state index contributed by atoms with van der Waals surface area (Å²) in [5.41, 5.74) is 4.10. The number of fused-ring (bicyclic) bond motifs is 1. The number of carbonyl (C=O) groups is 1. The number of benzene rings is 3. The average Bonchev–Trinajstić information content (AvgIpc) is 3.11. The number of hydrogen-bond donors (Lipinski definition) is 0. The molecule has 0 bridgehead atoms. The Morgan fingerprint density at radius 1 is 0.800 bits per heavy atom. The van der Waals surface area contributed by atoms with Crippen LogP contribution < -0.4 is 0 Å². The molecule has 0 aliphatic carbocycles. The monoisotopic (exact) mass is 327 g/mol.